The molecule has 3 aliphatic heterocycles. The summed E-state index contributed by atoms with van der Waals surface area (Å²) >= 11 is 1.46. The van der Waals surface area contributed by atoms with Gasteiger partial charge in [0.15, 0.2) is 5.17 Å². The number of amidine groups is 1. The first-order valence-corrected chi connectivity index (χ1v) is 12.4. The Balaban J connectivity index is 1.57. The number of ether oxygens (including phenoxy) is 3. The summed E-state index contributed by atoms with van der Waals surface area (Å²) in [7, 11) is 1.56. The summed E-state index contributed by atoms with van der Waals surface area (Å²) in [5, 5.41) is 5.68. The molecular formula is C25H31N3O5S. The number of nitrogens with zero attached hydrogens (tertiary/aromatic N) is 2. The SMILES string of the molecule is COCCOC(=O)C1=C(C)N=C2SC=C(CC(=O)NCC3CCCO3)N2C1c1ccc(C)cc1. The van der Waals surface area contributed by atoms with E-state index in [4.69, 9.17) is 14.2 Å². The molecule has 0 aromatic heterocycles. The van der Waals surface area contributed by atoms with E-state index in [1.165, 1.54) is 11.8 Å². The van der Waals surface area contributed by atoms with Crippen LogP contribution in [0.4, 0.5) is 0 Å². The maximum absolute atomic E-state index is 13.1. The zero-order valence-corrected chi connectivity index (χ0v) is 20.7. The number of fused-ring (bicyclic) bond motifs is 1. The van der Waals surface area contributed by atoms with E-state index < -0.39 is 12.0 Å². The molecule has 2 unspecified atom stereocenters. The number of benzene rings is 1. The molecule has 1 saturated heterocycles. The smallest absolute Gasteiger partial charge is 0.338 e. The van der Waals surface area contributed by atoms with Gasteiger partial charge in [0.2, 0.25) is 5.91 Å². The van der Waals surface area contributed by atoms with Gasteiger partial charge in [-0.2, -0.15) is 0 Å². The summed E-state index contributed by atoms with van der Waals surface area (Å²) in [6, 6.07) is 7.62. The lowest BCUT2D eigenvalue weighted by atomic mass is 9.93. The molecule has 3 heterocycles. The Morgan fingerprint density at radius 2 is 2.03 bits per heavy atom. The first kappa shape index (κ1) is 24.5. The summed E-state index contributed by atoms with van der Waals surface area (Å²) in [6.45, 7) is 5.59. The first-order chi connectivity index (χ1) is 16.5. The van der Waals surface area contributed by atoms with Crippen molar-refractivity contribution in [3.05, 3.63) is 57.8 Å². The van der Waals surface area contributed by atoms with Crippen LogP contribution in [0.25, 0.3) is 0 Å². The average molecular weight is 486 g/mol. The van der Waals surface area contributed by atoms with E-state index in [0.717, 1.165) is 41.4 Å². The molecule has 0 bridgehead atoms. The largest absolute Gasteiger partial charge is 0.460 e. The second-order valence-corrected chi connectivity index (χ2v) is 9.38. The minimum atomic E-state index is -0.435. The molecule has 1 aromatic carbocycles. The molecule has 1 fully saturated rings. The number of aliphatic imine (C=N–C) groups is 1. The molecule has 0 aliphatic carbocycles. The number of carbonyl (C=O) groups excluding carboxylic acids is 2. The second kappa shape index (κ2) is 11.2. The van der Waals surface area contributed by atoms with Crippen molar-refractivity contribution >= 4 is 28.8 Å². The molecule has 182 valence electrons. The summed E-state index contributed by atoms with van der Waals surface area (Å²) in [6.07, 6.45) is 2.27. The monoisotopic (exact) mass is 485 g/mol. The topological polar surface area (TPSA) is 89.5 Å². The van der Waals surface area contributed by atoms with Gasteiger partial charge in [-0.05, 0) is 37.7 Å². The van der Waals surface area contributed by atoms with E-state index >= 15 is 0 Å². The normalized spacial score (nSPS) is 21.8. The second-order valence-electron chi connectivity index (χ2n) is 8.55. The highest BCUT2D eigenvalue weighted by molar-refractivity contribution is 8.16. The van der Waals surface area contributed by atoms with Gasteiger partial charge < -0.3 is 24.4 Å². The number of nitrogens with one attached hydrogen (secondary N) is 1. The lowest BCUT2D eigenvalue weighted by molar-refractivity contribution is -0.141. The fourth-order valence-electron chi connectivity index (χ4n) is 4.25. The van der Waals surface area contributed by atoms with E-state index in [1.54, 1.807) is 7.11 Å². The Labute approximate surface area is 204 Å². The van der Waals surface area contributed by atoms with Crippen LogP contribution in [-0.2, 0) is 23.8 Å². The number of amides is 1. The van der Waals surface area contributed by atoms with Crippen molar-refractivity contribution in [1.82, 2.24) is 10.2 Å². The minimum Gasteiger partial charge on any atom is -0.460 e. The molecule has 0 spiro atoms. The fourth-order valence-corrected chi connectivity index (χ4v) is 5.21. The van der Waals surface area contributed by atoms with Crippen molar-refractivity contribution in [3.63, 3.8) is 0 Å². The number of esters is 1. The van der Waals surface area contributed by atoms with E-state index in [-0.39, 0.29) is 25.0 Å². The average Bonchev–Trinajstić information content (AvgIpc) is 3.48. The maximum Gasteiger partial charge on any atom is 0.338 e. The highest BCUT2D eigenvalue weighted by Crippen LogP contribution is 2.44. The summed E-state index contributed by atoms with van der Waals surface area (Å²) in [5.74, 6) is -0.510. The van der Waals surface area contributed by atoms with Crippen molar-refractivity contribution < 1.29 is 23.8 Å². The summed E-state index contributed by atoms with van der Waals surface area (Å²) in [5.41, 5.74) is 3.94. The highest BCUT2D eigenvalue weighted by atomic mass is 32.2. The molecule has 34 heavy (non-hydrogen) atoms. The van der Waals surface area contributed by atoms with Crippen molar-refractivity contribution in [2.75, 3.05) is 33.5 Å². The van der Waals surface area contributed by atoms with Gasteiger partial charge in [0.1, 0.15) is 6.61 Å². The van der Waals surface area contributed by atoms with Crippen LogP contribution in [0.2, 0.25) is 0 Å². The van der Waals surface area contributed by atoms with Crippen LogP contribution in [0, 0.1) is 6.92 Å². The summed E-state index contributed by atoms with van der Waals surface area (Å²) in [4.78, 5) is 32.6. The quantitative estimate of drug-likeness (QED) is 0.423. The maximum atomic E-state index is 13.1. The van der Waals surface area contributed by atoms with Crippen molar-refractivity contribution in [2.45, 2.75) is 45.3 Å². The van der Waals surface area contributed by atoms with Gasteiger partial charge in [0.05, 0.1) is 36.4 Å². The third kappa shape index (κ3) is 5.54. The Morgan fingerprint density at radius 3 is 2.74 bits per heavy atom. The standard InChI is InChI=1S/C25H31N3O5S/c1-16-6-8-18(9-7-16)23-22(24(30)33-12-11-31-3)17(2)27-25-28(23)19(15-34-25)13-21(29)26-14-20-5-4-10-32-20/h6-9,15,20,23H,4-5,10-14H2,1-3H3,(H,26,29). The van der Waals surface area contributed by atoms with E-state index in [2.05, 4.69) is 10.3 Å². The molecule has 1 amide bonds. The van der Waals surface area contributed by atoms with Gasteiger partial charge in [-0.3, -0.25) is 4.79 Å². The van der Waals surface area contributed by atoms with Crippen LogP contribution in [0.1, 0.15) is 43.4 Å². The van der Waals surface area contributed by atoms with E-state index in [9.17, 15) is 9.59 Å². The third-order valence-corrected chi connectivity index (χ3v) is 6.92. The molecule has 0 radical (unpaired) electrons. The van der Waals surface area contributed by atoms with Crippen LogP contribution in [0.15, 0.2) is 51.6 Å². The molecule has 0 saturated carbocycles. The Morgan fingerprint density at radius 1 is 1.24 bits per heavy atom. The molecule has 4 rings (SSSR count). The number of hydrogen-bond acceptors (Lipinski definition) is 8. The Bertz CT molecular complexity index is 1010. The first-order valence-electron chi connectivity index (χ1n) is 11.5. The molecule has 2 atom stereocenters. The van der Waals surface area contributed by atoms with Gasteiger partial charge >= 0.3 is 5.97 Å². The highest BCUT2D eigenvalue weighted by Gasteiger charge is 2.41. The predicted molar refractivity (Wildman–Crippen MR) is 131 cm³/mol. The van der Waals surface area contributed by atoms with E-state index in [0.29, 0.717) is 24.4 Å². The van der Waals surface area contributed by atoms with Crippen LogP contribution in [-0.4, -0.2) is 61.5 Å². The van der Waals surface area contributed by atoms with Crippen LogP contribution in [0.5, 0.6) is 0 Å². The summed E-state index contributed by atoms with van der Waals surface area (Å²) < 4.78 is 16.1. The number of aryl methyl sites for hydroxylation is 1. The van der Waals surface area contributed by atoms with Gasteiger partial charge in [0, 0.05) is 26.0 Å². The molecule has 9 heteroatoms. The Hall–Kier alpha value is -2.62. The van der Waals surface area contributed by atoms with Gasteiger partial charge in [-0.15, -0.1) is 0 Å². The van der Waals surface area contributed by atoms with Gasteiger partial charge in [-0.25, -0.2) is 9.79 Å². The lowest BCUT2D eigenvalue weighted by Crippen LogP contribution is -2.39. The molecule has 1 aromatic rings. The zero-order chi connectivity index (χ0) is 24.1. The van der Waals surface area contributed by atoms with Gasteiger partial charge in [0.25, 0.3) is 0 Å². The van der Waals surface area contributed by atoms with Gasteiger partial charge in [-0.1, -0.05) is 41.6 Å². The van der Waals surface area contributed by atoms with Crippen LogP contribution < -0.4 is 5.32 Å². The number of carbonyl (C=O) groups is 2. The number of thioether (sulfide) groups is 1. The molecule has 8 nitrogen and oxygen atoms in total. The predicted octanol–water partition coefficient (Wildman–Crippen LogP) is 3.44. The number of rotatable bonds is 9. The molecule has 3 aliphatic rings. The van der Waals surface area contributed by atoms with Crippen molar-refractivity contribution in [2.24, 2.45) is 4.99 Å². The van der Waals surface area contributed by atoms with E-state index in [1.807, 2.05) is 48.4 Å². The Kier molecular flexibility index (Phi) is 8.07. The van der Waals surface area contributed by atoms with Crippen LogP contribution in [0.3, 0.4) is 0 Å². The lowest BCUT2D eigenvalue weighted by Gasteiger charge is -2.36. The number of hydrogen-bond donors (Lipinski definition) is 1. The minimum absolute atomic E-state index is 0.0817. The fraction of sp³-hybridized carbons (Fsp3) is 0.480. The van der Waals surface area contributed by atoms with Crippen LogP contribution >= 0.6 is 11.8 Å². The molecular weight excluding hydrogens is 454 g/mol. The number of allylic oxidation sites excluding steroid dienone is 1. The van der Waals surface area contributed by atoms with Crippen molar-refractivity contribution in [1.29, 1.82) is 0 Å². The zero-order valence-electron chi connectivity index (χ0n) is 19.8. The number of methoxy groups -OCH3 is 1. The van der Waals surface area contributed by atoms with Crippen molar-refractivity contribution in [3.8, 4) is 0 Å². The molecule has 1 N–H and O–H groups in total. The third-order valence-electron chi connectivity index (χ3n) is 6.03.